The van der Waals surface area contributed by atoms with Crippen molar-refractivity contribution >= 4 is 15.8 Å². The van der Waals surface area contributed by atoms with Crippen LogP contribution in [0.15, 0.2) is 53.5 Å². The van der Waals surface area contributed by atoms with Crippen LogP contribution in [0.25, 0.3) is 0 Å². The van der Waals surface area contributed by atoms with Crippen LogP contribution in [0, 0.1) is 5.92 Å². The minimum absolute atomic E-state index is 0.0617. The molecule has 6 nitrogen and oxygen atoms in total. The topological polar surface area (TPSA) is 79.8 Å². The Morgan fingerprint density at radius 3 is 2.34 bits per heavy atom. The number of sulfone groups is 1. The van der Waals surface area contributed by atoms with Crippen molar-refractivity contribution in [2.24, 2.45) is 10.9 Å². The first kappa shape index (κ1) is 21.2. The highest BCUT2D eigenvalue weighted by Crippen LogP contribution is 2.30. The lowest BCUT2D eigenvalue weighted by atomic mass is 10.1. The van der Waals surface area contributed by atoms with Crippen LogP contribution >= 0.6 is 0 Å². The van der Waals surface area contributed by atoms with Crippen molar-refractivity contribution < 1.29 is 13.2 Å². The Balaban J connectivity index is 1.49. The first-order chi connectivity index (χ1) is 13.9. The molecule has 0 radical (unpaired) electrons. The van der Waals surface area contributed by atoms with Gasteiger partial charge in [-0.2, -0.15) is 0 Å². The van der Waals surface area contributed by atoms with E-state index in [0.29, 0.717) is 25.0 Å². The van der Waals surface area contributed by atoms with Crippen LogP contribution in [0.1, 0.15) is 29.5 Å². The molecule has 0 heterocycles. The molecule has 7 heteroatoms. The third kappa shape index (κ3) is 7.42. The highest BCUT2D eigenvalue weighted by Gasteiger charge is 2.22. The fourth-order valence-corrected chi connectivity index (χ4v) is 3.72. The van der Waals surface area contributed by atoms with Gasteiger partial charge in [0.2, 0.25) is 0 Å². The fraction of sp³-hybridized carbons (Fsp3) is 0.409. The Hall–Kier alpha value is -2.54. The molecular weight excluding hydrogens is 386 g/mol. The Morgan fingerprint density at radius 2 is 1.69 bits per heavy atom. The molecule has 0 atom stereocenters. The van der Waals surface area contributed by atoms with Crippen molar-refractivity contribution in [3.63, 3.8) is 0 Å². The normalized spacial score (nSPS) is 14.5. The maximum Gasteiger partial charge on any atom is 0.191 e. The number of nitrogens with one attached hydrogen (secondary N) is 2. The second-order valence-electron chi connectivity index (χ2n) is 7.53. The van der Waals surface area contributed by atoms with Gasteiger partial charge >= 0.3 is 0 Å². The molecule has 0 unspecified atom stereocenters. The van der Waals surface area contributed by atoms with E-state index in [1.807, 2.05) is 42.5 Å². The molecule has 1 aliphatic rings. The predicted octanol–water partition coefficient (Wildman–Crippen LogP) is 2.89. The van der Waals surface area contributed by atoms with Gasteiger partial charge in [-0.25, -0.2) is 8.42 Å². The molecule has 1 fully saturated rings. The lowest BCUT2D eigenvalue weighted by molar-refractivity contribution is 0.296. The zero-order chi connectivity index (χ0) is 20.7. The number of hydrogen-bond donors (Lipinski definition) is 2. The molecule has 156 valence electrons. The van der Waals surface area contributed by atoms with Crippen LogP contribution in [0.2, 0.25) is 0 Å². The van der Waals surface area contributed by atoms with Crippen molar-refractivity contribution in [2.45, 2.75) is 31.7 Å². The van der Waals surface area contributed by atoms with E-state index in [9.17, 15) is 8.42 Å². The van der Waals surface area contributed by atoms with Crippen molar-refractivity contribution in [1.29, 1.82) is 0 Å². The van der Waals surface area contributed by atoms with Gasteiger partial charge in [-0.1, -0.05) is 42.5 Å². The number of aliphatic imine (C=N–C) groups is 1. The average Bonchev–Trinajstić information content (AvgIpc) is 3.52. The monoisotopic (exact) mass is 415 g/mol. The van der Waals surface area contributed by atoms with Gasteiger partial charge in [0.15, 0.2) is 15.8 Å². The van der Waals surface area contributed by atoms with E-state index in [0.717, 1.165) is 29.0 Å². The van der Waals surface area contributed by atoms with Crippen LogP contribution in [-0.2, 0) is 28.7 Å². The third-order valence-electron chi connectivity index (χ3n) is 4.73. The number of guanidine groups is 1. The summed E-state index contributed by atoms with van der Waals surface area (Å²) in [5, 5.41) is 6.60. The molecule has 3 rings (SSSR count). The van der Waals surface area contributed by atoms with Gasteiger partial charge in [-0.3, -0.25) is 4.99 Å². The number of ether oxygens (including phenoxy) is 1. The van der Waals surface area contributed by atoms with Crippen LogP contribution in [0.5, 0.6) is 5.75 Å². The molecule has 2 aromatic carbocycles. The lowest BCUT2D eigenvalue weighted by Crippen LogP contribution is -2.36. The summed E-state index contributed by atoms with van der Waals surface area (Å²) >= 11 is 0. The summed E-state index contributed by atoms with van der Waals surface area (Å²) in [6.07, 6.45) is 3.78. The van der Waals surface area contributed by atoms with E-state index in [1.165, 1.54) is 19.1 Å². The van der Waals surface area contributed by atoms with E-state index < -0.39 is 9.84 Å². The Kier molecular flexibility index (Phi) is 7.14. The Morgan fingerprint density at radius 1 is 1.03 bits per heavy atom. The van der Waals surface area contributed by atoms with Gasteiger partial charge in [0.1, 0.15) is 5.75 Å². The molecule has 1 saturated carbocycles. The van der Waals surface area contributed by atoms with E-state index in [-0.39, 0.29) is 5.75 Å². The molecule has 0 amide bonds. The average molecular weight is 416 g/mol. The zero-order valence-electron chi connectivity index (χ0n) is 17.0. The second-order valence-corrected chi connectivity index (χ2v) is 9.67. The van der Waals surface area contributed by atoms with E-state index in [4.69, 9.17) is 4.74 Å². The first-order valence-corrected chi connectivity index (χ1v) is 11.9. The standard InChI is InChI=1S/C22H29N3O3S/c1-23-22(24-13-17-7-11-19(12-8-17)16-29(2,26)27)25-14-20-5-3-4-6-21(20)28-15-18-9-10-18/h3-8,11-12,18H,9-10,13-16H2,1-2H3,(H2,23,24,25). The minimum atomic E-state index is -3.02. The highest BCUT2D eigenvalue weighted by molar-refractivity contribution is 7.89. The fourth-order valence-electron chi connectivity index (χ4n) is 2.92. The summed E-state index contributed by atoms with van der Waals surface area (Å²) in [7, 11) is -1.28. The predicted molar refractivity (Wildman–Crippen MR) is 117 cm³/mol. The first-order valence-electron chi connectivity index (χ1n) is 9.84. The molecule has 0 spiro atoms. The number of hydrogen-bond acceptors (Lipinski definition) is 4. The molecule has 1 aliphatic carbocycles. The molecular formula is C22H29N3O3S. The molecule has 2 aromatic rings. The van der Waals surface area contributed by atoms with Gasteiger partial charge in [0.25, 0.3) is 0 Å². The highest BCUT2D eigenvalue weighted by atomic mass is 32.2. The van der Waals surface area contributed by atoms with Crippen molar-refractivity contribution in [2.75, 3.05) is 19.9 Å². The zero-order valence-corrected chi connectivity index (χ0v) is 17.8. The summed E-state index contributed by atoms with van der Waals surface area (Å²) < 4.78 is 28.7. The lowest BCUT2D eigenvalue weighted by Gasteiger charge is -2.15. The molecule has 2 N–H and O–H groups in total. The van der Waals surface area contributed by atoms with Crippen molar-refractivity contribution in [3.05, 3.63) is 65.2 Å². The van der Waals surface area contributed by atoms with Crippen LogP contribution in [-0.4, -0.2) is 34.3 Å². The van der Waals surface area contributed by atoms with E-state index in [1.54, 1.807) is 7.05 Å². The summed E-state index contributed by atoms with van der Waals surface area (Å²) in [5.41, 5.74) is 2.95. The van der Waals surface area contributed by atoms with Crippen molar-refractivity contribution in [1.82, 2.24) is 10.6 Å². The van der Waals surface area contributed by atoms with Crippen molar-refractivity contribution in [3.8, 4) is 5.75 Å². The van der Waals surface area contributed by atoms with Crippen LogP contribution in [0.4, 0.5) is 0 Å². The maximum atomic E-state index is 11.4. The van der Waals surface area contributed by atoms with Gasteiger partial charge in [0.05, 0.1) is 12.4 Å². The molecule has 0 saturated heterocycles. The minimum Gasteiger partial charge on any atom is -0.493 e. The van der Waals surface area contributed by atoms with E-state index >= 15 is 0 Å². The Labute approximate surface area is 173 Å². The summed E-state index contributed by atoms with van der Waals surface area (Å²) in [4.78, 5) is 4.27. The Bertz CT molecular complexity index is 936. The number of nitrogens with zero attached hydrogens (tertiary/aromatic N) is 1. The van der Waals surface area contributed by atoms with Gasteiger partial charge < -0.3 is 15.4 Å². The smallest absolute Gasteiger partial charge is 0.191 e. The molecule has 0 aliphatic heterocycles. The molecule has 29 heavy (non-hydrogen) atoms. The largest absolute Gasteiger partial charge is 0.493 e. The quantitative estimate of drug-likeness (QED) is 0.486. The van der Waals surface area contributed by atoms with Gasteiger partial charge in [-0.15, -0.1) is 0 Å². The van der Waals surface area contributed by atoms with Gasteiger partial charge in [0, 0.05) is 32.0 Å². The SMILES string of the molecule is CN=C(NCc1ccc(CS(C)(=O)=O)cc1)NCc1ccccc1OCC1CC1. The summed E-state index contributed by atoms with van der Waals surface area (Å²) in [6, 6.07) is 15.6. The molecule has 0 bridgehead atoms. The number of para-hydroxylation sites is 1. The van der Waals surface area contributed by atoms with Crippen LogP contribution in [0.3, 0.4) is 0 Å². The summed E-state index contributed by atoms with van der Waals surface area (Å²) in [5.74, 6) is 2.40. The number of rotatable bonds is 9. The third-order valence-corrected chi connectivity index (χ3v) is 5.58. The number of benzene rings is 2. The molecule has 0 aromatic heterocycles. The van der Waals surface area contributed by atoms with E-state index in [2.05, 4.69) is 21.7 Å². The van der Waals surface area contributed by atoms with Gasteiger partial charge in [-0.05, 0) is 36.0 Å². The second kappa shape index (κ2) is 9.78. The van der Waals surface area contributed by atoms with Crippen LogP contribution < -0.4 is 15.4 Å². The maximum absolute atomic E-state index is 11.4. The summed E-state index contributed by atoms with van der Waals surface area (Å²) in [6.45, 7) is 2.01.